The lowest BCUT2D eigenvalue weighted by Gasteiger charge is -2.23. The summed E-state index contributed by atoms with van der Waals surface area (Å²) in [5.41, 5.74) is 7.66. The molecular weight excluding hydrogens is 258 g/mol. The molecule has 1 aromatic carbocycles. The Morgan fingerprint density at radius 2 is 1.95 bits per heavy atom. The van der Waals surface area contributed by atoms with E-state index < -0.39 is 0 Å². The third-order valence-electron chi connectivity index (χ3n) is 2.98. The summed E-state index contributed by atoms with van der Waals surface area (Å²) in [6, 6.07) is 7.79. The Balaban J connectivity index is 2.81. The fourth-order valence-electron chi connectivity index (χ4n) is 1.75. The number of nitrogens with zero attached hydrogens (tertiary/aromatic N) is 2. The quantitative estimate of drug-likeness (QED) is 0.796. The lowest BCUT2D eigenvalue weighted by molar-refractivity contribution is -0.130. The highest BCUT2D eigenvalue weighted by Crippen LogP contribution is 2.11. The number of rotatable bonds is 6. The number of benzene rings is 1. The predicted octanol–water partition coefficient (Wildman–Crippen LogP) is 1.23. The maximum Gasteiger partial charge on any atom is 0.236 e. The van der Waals surface area contributed by atoms with Crippen molar-refractivity contribution < 1.29 is 4.79 Å². The maximum absolute atomic E-state index is 11.8. The fraction of sp³-hybridized carbons (Fsp3) is 0.429. The van der Waals surface area contributed by atoms with Crippen LogP contribution in [0, 0.1) is 0 Å². The van der Waals surface area contributed by atoms with Gasteiger partial charge in [-0.15, -0.1) is 0 Å². The van der Waals surface area contributed by atoms with Crippen molar-refractivity contribution in [2.75, 3.05) is 27.2 Å². The summed E-state index contributed by atoms with van der Waals surface area (Å²) in [5, 5.41) is 0. The molecule has 2 N–H and O–H groups in total. The molecule has 5 heteroatoms. The molecule has 0 bridgehead atoms. The number of carbonyl (C=O) groups is 1. The zero-order valence-corrected chi connectivity index (χ0v) is 12.5. The van der Waals surface area contributed by atoms with Crippen molar-refractivity contribution in [2.45, 2.75) is 13.5 Å². The van der Waals surface area contributed by atoms with Crippen LogP contribution < -0.4 is 5.73 Å². The molecule has 0 aliphatic rings. The molecule has 1 rings (SSSR count). The van der Waals surface area contributed by atoms with E-state index in [1.165, 1.54) is 0 Å². The number of carbonyl (C=O) groups excluding carboxylic acids is 1. The second-order valence-corrected chi connectivity index (χ2v) is 5.05. The lowest BCUT2D eigenvalue weighted by Crippen LogP contribution is -2.36. The maximum atomic E-state index is 11.8. The minimum absolute atomic E-state index is 0.0923. The van der Waals surface area contributed by atoms with Crippen molar-refractivity contribution >= 4 is 23.1 Å². The van der Waals surface area contributed by atoms with Crippen molar-refractivity contribution in [3.05, 3.63) is 35.4 Å². The Morgan fingerprint density at radius 3 is 2.47 bits per heavy atom. The van der Waals surface area contributed by atoms with E-state index in [0.29, 0.717) is 18.1 Å². The molecule has 104 valence electrons. The van der Waals surface area contributed by atoms with Crippen LogP contribution in [0.3, 0.4) is 0 Å². The molecule has 19 heavy (non-hydrogen) atoms. The summed E-state index contributed by atoms with van der Waals surface area (Å²) in [5.74, 6) is 0.0923. The highest BCUT2D eigenvalue weighted by molar-refractivity contribution is 7.80. The first-order valence-electron chi connectivity index (χ1n) is 6.26. The SMILES string of the molecule is CCN(CC(=O)N(C)C)Cc1ccccc1C(N)=S. The Labute approximate surface area is 120 Å². The minimum Gasteiger partial charge on any atom is -0.389 e. The smallest absolute Gasteiger partial charge is 0.236 e. The van der Waals surface area contributed by atoms with Gasteiger partial charge in [0.05, 0.1) is 6.54 Å². The largest absolute Gasteiger partial charge is 0.389 e. The minimum atomic E-state index is 0.0923. The molecule has 0 spiro atoms. The van der Waals surface area contributed by atoms with Crippen molar-refractivity contribution in [1.29, 1.82) is 0 Å². The second-order valence-electron chi connectivity index (χ2n) is 4.61. The second kappa shape index (κ2) is 7.21. The van der Waals surface area contributed by atoms with E-state index >= 15 is 0 Å². The van der Waals surface area contributed by atoms with Gasteiger partial charge in [-0.3, -0.25) is 9.69 Å². The van der Waals surface area contributed by atoms with Crippen LogP contribution in [0.1, 0.15) is 18.1 Å². The normalized spacial score (nSPS) is 10.5. The zero-order chi connectivity index (χ0) is 14.4. The average Bonchev–Trinajstić information content (AvgIpc) is 2.37. The van der Waals surface area contributed by atoms with E-state index in [2.05, 4.69) is 4.90 Å². The number of likely N-dealkylation sites (N-methyl/N-ethyl adjacent to an activating group) is 2. The van der Waals surface area contributed by atoms with E-state index in [1.54, 1.807) is 19.0 Å². The highest BCUT2D eigenvalue weighted by atomic mass is 32.1. The molecule has 4 nitrogen and oxygen atoms in total. The van der Waals surface area contributed by atoms with E-state index in [9.17, 15) is 4.79 Å². The van der Waals surface area contributed by atoms with Gasteiger partial charge >= 0.3 is 0 Å². The van der Waals surface area contributed by atoms with Gasteiger partial charge in [0, 0.05) is 26.2 Å². The molecule has 0 saturated carbocycles. The van der Waals surface area contributed by atoms with Gasteiger partial charge < -0.3 is 10.6 Å². The molecule has 0 heterocycles. The van der Waals surface area contributed by atoms with Gasteiger partial charge in [-0.2, -0.15) is 0 Å². The van der Waals surface area contributed by atoms with Crippen LogP contribution in [0.15, 0.2) is 24.3 Å². The van der Waals surface area contributed by atoms with Gasteiger partial charge in [0.15, 0.2) is 0 Å². The van der Waals surface area contributed by atoms with Crippen molar-refractivity contribution in [1.82, 2.24) is 9.80 Å². The third kappa shape index (κ3) is 4.61. The fourth-order valence-corrected chi connectivity index (χ4v) is 1.95. The first kappa shape index (κ1) is 15.6. The summed E-state index contributed by atoms with van der Waals surface area (Å²) in [4.78, 5) is 15.8. The molecule has 0 saturated heterocycles. The van der Waals surface area contributed by atoms with E-state index in [4.69, 9.17) is 18.0 Å². The summed E-state index contributed by atoms with van der Waals surface area (Å²) >= 11 is 5.05. The summed E-state index contributed by atoms with van der Waals surface area (Å²) in [7, 11) is 3.53. The Hall–Kier alpha value is -1.46. The lowest BCUT2D eigenvalue weighted by atomic mass is 10.1. The highest BCUT2D eigenvalue weighted by Gasteiger charge is 2.13. The van der Waals surface area contributed by atoms with Gasteiger partial charge in [-0.05, 0) is 12.1 Å². The Kier molecular flexibility index (Phi) is 5.92. The number of nitrogens with two attached hydrogens (primary N) is 1. The van der Waals surface area contributed by atoms with Crippen LogP contribution in [0.25, 0.3) is 0 Å². The number of thiocarbonyl (C=S) groups is 1. The van der Waals surface area contributed by atoms with Gasteiger partial charge in [0.25, 0.3) is 0 Å². The number of amides is 1. The number of hydrogen-bond acceptors (Lipinski definition) is 3. The van der Waals surface area contributed by atoms with E-state index in [1.807, 2.05) is 31.2 Å². The molecule has 0 atom stereocenters. The predicted molar refractivity (Wildman–Crippen MR) is 82.0 cm³/mol. The molecule has 0 fully saturated rings. The summed E-state index contributed by atoms with van der Waals surface area (Å²) in [6.45, 7) is 3.90. The molecule has 0 radical (unpaired) electrons. The number of hydrogen-bond donors (Lipinski definition) is 1. The van der Waals surface area contributed by atoms with Crippen LogP contribution >= 0.6 is 12.2 Å². The first-order valence-corrected chi connectivity index (χ1v) is 6.66. The van der Waals surface area contributed by atoms with Crippen LogP contribution in [0.5, 0.6) is 0 Å². The van der Waals surface area contributed by atoms with Crippen molar-refractivity contribution in [2.24, 2.45) is 5.73 Å². The zero-order valence-electron chi connectivity index (χ0n) is 11.7. The van der Waals surface area contributed by atoms with Crippen molar-refractivity contribution in [3.63, 3.8) is 0 Å². The monoisotopic (exact) mass is 279 g/mol. The standard InChI is InChI=1S/C14H21N3OS/c1-4-17(10-13(18)16(2)3)9-11-7-5-6-8-12(11)14(15)19/h5-8H,4,9-10H2,1-3H3,(H2,15,19). The van der Waals surface area contributed by atoms with Gasteiger partial charge in [-0.1, -0.05) is 43.4 Å². The van der Waals surface area contributed by atoms with E-state index in [-0.39, 0.29) is 5.91 Å². The molecule has 0 aromatic heterocycles. The molecule has 0 aliphatic heterocycles. The topological polar surface area (TPSA) is 49.6 Å². The van der Waals surface area contributed by atoms with Gasteiger partial charge in [-0.25, -0.2) is 0 Å². The molecule has 1 aromatic rings. The first-order chi connectivity index (χ1) is 8.95. The summed E-state index contributed by atoms with van der Waals surface area (Å²) < 4.78 is 0. The van der Waals surface area contributed by atoms with Crippen LogP contribution in [-0.4, -0.2) is 47.9 Å². The Morgan fingerprint density at radius 1 is 1.32 bits per heavy atom. The van der Waals surface area contributed by atoms with Crippen molar-refractivity contribution in [3.8, 4) is 0 Å². The molecular formula is C14H21N3OS. The van der Waals surface area contributed by atoms with E-state index in [0.717, 1.165) is 17.7 Å². The molecule has 0 aliphatic carbocycles. The Bertz CT molecular complexity index is 460. The van der Waals surface area contributed by atoms with Crippen LogP contribution in [-0.2, 0) is 11.3 Å². The van der Waals surface area contributed by atoms with Crippen LogP contribution in [0.2, 0.25) is 0 Å². The summed E-state index contributed by atoms with van der Waals surface area (Å²) in [6.07, 6.45) is 0. The average molecular weight is 279 g/mol. The third-order valence-corrected chi connectivity index (χ3v) is 3.20. The molecule has 1 amide bonds. The van der Waals surface area contributed by atoms with Gasteiger partial charge in [0.1, 0.15) is 4.99 Å². The van der Waals surface area contributed by atoms with Gasteiger partial charge in [0.2, 0.25) is 5.91 Å². The molecule has 0 unspecified atom stereocenters. The van der Waals surface area contributed by atoms with Crippen LogP contribution in [0.4, 0.5) is 0 Å².